The fourth-order valence-corrected chi connectivity index (χ4v) is 6.26. The lowest BCUT2D eigenvalue weighted by Crippen LogP contribution is -2.40. The van der Waals surface area contributed by atoms with E-state index in [0.29, 0.717) is 33.9 Å². The number of aromatic nitrogens is 2. The van der Waals surface area contributed by atoms with Crippen LogP contribution in [0.2, 0.25) is 5.02 Å². The van der Waals surface area contributed by atoms with Gasteiger partial charge in [0.25, 0.3) is 5.56 Å². The Balaban J connectivity index is 2.02. The lowest BCUT2D eigenvalue weighted by molar-refractivity contribution is 0.274. The Morgan fingerprint density at radius 2 is 1.66 bits per heavy atom. The molecule has 3 aromatic carbocycles. The number of sulfonamides is 1. The van der Waals surface area contributed by atoms with Crippen LogP contribution in [0, 0.1) is 5.92 Å². The molecule has 4 rings (SSSR count). The molecule has 35 heavy (non-hydrogen) atoms. The number of benzene rings is 3. The first-order valence-corrected chi connectivity index (χ1v) is 13.4. The van der Waals surface area contributed by atoms with Crippen LogP contribution in [0.15, 0.2) is 88.6 Å². The van der Waals surface area contributed by atoms with Gasteiger partial charge in [0.2, 0.25) is 10.0 Å². The fraction of sp³-hybridized carbons (Fsp3) is 0.259. The average Bonchev–Trinajstić information content (AvgIpc) is 2.84. The van der Waals surface area contributed by atoms with Gasteiger partial charge in [0.05, 0.1) is 27.5 Å². The Bertz CT molecular complexity index is 1500. The van der Waals surface area contributed by atoms with Gasteiger partial charge in [-0.1, -0.05) is 68.8 Å². The summed E-state index contributed by atoms with van der Waals surface area (Å²) in [4.78, 5) is 18.8. The zero-order chi connectivity index (χ0) is 25.2. The van der Waals surface area contributed by atoms with E-state index in [9.17, 15) is 13.2 Å². The van der Waals surface area contributed by atoms with Crippen LogP contribution in [-0.2, 0) is 10.0 Å². The van der Waals surface area contributed by atoms with Gasteiger partial charge in [0.15, 0.2) is 0 Å². The molecule has 1 atom stereocenters. The molecule has 0 fully saturated rings. The molecule has 0 aliphatic heterocycles. The van der Waals surface area contributed by atoms with Crippen LogP contribution >= 0.6 is 11.6 Å². The summed E-state index contributed by atoms with van der Waals surface area (Å²) in [5.41, 5.74) is 0.787. The molecule has 182 valence electrons. The molecule has 1 unspecified atom stereocenters. The summed E-state index contributed by atoms with van der Waals surface area (Å²) in [6.45, 7) is 6.12. The largest absolute Gasteiger partial charge is 0.268 e. The molecule has 0 aliphatic rings. The summed E-state index contributed by atoms with van der Waals surface area (Å²) in [5, 5.41) is 0.921. The molecule has 0 spiro atoms. The summed E-state index contributed by atoms with van der Waals surface area (Å²) in [7, 11) is -3.88. The number of halogens is 1. The first-order chi connectivity index (χ1) is 16.7. The first kappa shape index (κ1) is 25.1. The van der Waals surface area contributed by atoms with Crippen LogP contribution in [0.5, 0.6) is 0 Å². The van der Waals surface area contributed by atoms with Crippen molar-refractivity contribution in [3.8, 4) is 5.69 Å². The molecule has 6 nitrogen and oxygen atoms in total. The van der Waals surface area contributed by atoms with Crippen LogP contribution < -0.4 is 5.56 Å². The van der Waals surface area contributed by atoms with Crippen molar-refractivity contribution in [2.75, 3.05) is 6.54 Å². The van der Waals surface area contributed by atoms with Gasteiger partial charge in [0.1, 0.15) is 5.82 Å². The quantitative estimate of drug-likeness (QED) is 0.299. The van der Waals surface area contributed by atoms with Crippen molar-refractivity contribution in [2.45, 2.75) is 38.1 Å². The second-order valence-corrected chi connectivity index (χ2v) is 11.1. The van der Waals surface area contributed by atoms with Crippen LogP contribution in [0.1, 0.15) is 39.1 Å². The predicted molar refractivity (Wildman–Crippen MR) is 141 cm³/mol. The van der Waals surface area contributed by atoms with E-state index in [1.165, 1.54) is 8.87 Å². The lowest BCUT2D eigenvalue weighted by Gasteiger charge is -2.32. The second kappa shape index (κ2) is 10.3. The SMILES string of the molecule is CCC(c1nc2ccccc2c(=O)n1-c1cccc(Cl)c1)N(CC(C)C)S(=O)(=O)c1ccccc1. The van der Waals surface area contributed by atoms with E-state index in [2.05, 4.69) is 0 Å². The van der Waals surface area contributed by atoms with E-state index in [1.807, 2.05) is 26.8 Å². The maximum atomic E-state index is 13.9. The number of nitrogens with zero attached hydrogens (tertiary/aromatic N) is 3. The number of hydrogen-bond donors (Lipinski definition) is 0. The van der Waals surface area contributed by atoms with E-state index in [4.69, 9.17) is 16.6 Å². The monoisotopic (exact) mass is 509 g/mol. The molecule has 0 aliphatic carbocycles. The molecule has 1 heterocycles. The van der Waals surface area contributed by atoms with Crippen LogP contribution in [0.4, 0.5) is 0 Å². The normalized spacial score (nSPS) is 13.0. The van der Waals surface area contributed by atoms with E-state index in [0.717, 1.165) is 0 Å². The van der Waals surface area contributed by atoms with Gasteiger partial charge in [-0.25, -0.2) is 13.4 Å². The minimum Gasteiger partial charge on any atom is -0.268 e. The first-order valence-electron chi connectivity index (χ1n) is 11.6. The highest BCUT2D eigenvalue weighted by molar-refractivity contribution is 7.89. The highest BCUT2D eigenvalue weighted by atomic mass is 35.5. The molecule has 4 aromatic rings. The van der Waals surface area contributed by atoms with Crippen molar-refractivity contribution >= 4 is 32.5 Å². The maximum absolute atomic E-state index is 13.9. The third-order valence-electron chi connectivity index (χ3n) is 5.80. The Kier molecular flexibility index (Phi) is 7.40. The number of fused-ring (bicyclic) bond motifs is 1. The molecule has 0 amide bonds. The lowest BCUT2D eigenvalue weighted by atomic mass is 10.1. The van der Waals surface area contributed by atoms with E-state index in [1.54, 1.807) is 72.8 Å². The Hall–Kier alpha value is -3.00. The van der Waals surface area contributed by atoms with Crippen molar-refractivity contribution < 1.29 is 8.42 Å². The zero-order valence-corrected chi connectivity index (χ0v) is 21.5. The molecule has 0 saturated carbocycles. The van der Waals surface area contributed by atoms with Crippen LogP contribution in [0.25, 0.3) is 16.6 Å². The second-order valence-electron chi connectivity index (χ2n) is 8.81. The number of hydrogen-bond acceptors (Lipinski definition) is 4. The standard InChI is InChI=1S/C27H28ClN3O3S/c1-4-25(30(18-19(2)3)35(33,34)22-13-6-5-7-14-22)26-29-24-16-9-8-15-23(24)27(32)31(26)21-12-10-11-20(28)17-21/h5-17,19,25H,4,18H2,1-3H3. The predicted octanol–water partition coefficient (Wildman–Crippen LogP) is 5.84. The number of para-hydroxylation sites is 1. The van der Waals surface area contributed by atoms with Gasteiger partial charge in [-0.3, -0.25) is 9.36 Å². The zero-order valence-electron chi connectivity index (χ0n) is 19.9. The van der Waals surface area contributed by atoms with E-state index >= 15 is 0 Å². The van der Waals surface area contributed by atoms with Gasteiger partial charge in [-0.15, -0.1) is 0 Å². The van der Waals surface area contributed by atoms with Gasteiger partial charge in [-0.05, 0) is 54.8 Å². The molecule has 0 N–H and O–H groups in total. The van der Waals surface area contributed by atoms with E-state index in [-0.39, 0.29) is 22.9 Å². The van der Waals surface area contributed by atoms with Crippen LogP contribution in [-0.4, -0.2) is 28.8 Å². The van der Waals surface area contributed by atoms with Crippen molar-refractivity contribution in [3.63, 3.8) is 0 Å². The summed E-state index contributed by atoms with van der Waals surface area (Å²) in [5.74, 6) is 0.410. The average molecular weight is 510 g/mol. The molecule has 0 bridgehead atoms. The smallest absolute Gasteiger partial charge is 0.266 e. The highest BCUT2D eigenvalue weighted by Gasteiger charge is 2.35. The molecule has 8 heteroatoms. The van der Waals surface area contributed by atoms with Crippen molar-refractivity contribution in [2.24, 2.45) is 5.92 Å². The Morgan fingerprint density at radius 1 is 0.971 bits per heavy atom. The van der Waals surface area contributed by atoms with E-state index < -0.39 is 16.1 Å². The van der Waals surface area contributed by atoms with Crippen molar-refractivity contribution in [1.82, 2.24) is 13.9 Å². The minimum atomic E-state index is -3.88. The minimum absolute atomic E-state index is 0.0503. The molecule has 0 saturated heterocycles. The number of rotatable bonds is 8. The summed E-state index contributed by atoms with van der Waals surface area (Å²) in [6.07, 6.45) is 0.421. The summed E-state index contributed by atoms with van der Waals surface area (Å²) in [6, 6.07) is 21.7. The molecular formula is C27H28ClN3O3S. The summed E-state index contributed by atoms with van der Waals surface area (Å²) < 4.78 is 30.7. The maximum Gasteiger partial charge on any atom is 0.266 e. The molecule has 0 radical (unpaired) electrons. The van der Waals surface area contributed by atoms with Gasteiger partial charge in [-0.2, -0.15) is 4.31 Å². The summed E-state index contributed by atoms with van der Waals surface area (Å²) >= 11 is 6.27. The topological polar surface area (TPSA) is 72.3 Å². The Labute approximate surface area is 210 Å². The van der Waals surface area contributed by atoms with Gasteiger partial charge < -0.3 is 0 Å². The third kappa shape index (κ3) is 5.03. The fourth-order valence-electron chi connectivity index (χ4n) is 4.23. The Morgan fingerprint density at radius 3 is 2.31 bits per heavy atom. The van der Waals surface area contributed by atoms with Crippen molar-refractivity contribution in [1.29, 1.82) is 0 Å². The molecule has 1 aromatic heterocycles. The third-order valence-corrected chi connectivity index (χ3v) is 7.92. The molecular weight excluding hydrogens is 482 g/mol. The van der Waals surface area contributed by atoms with Gasteiger partial charge >= 0.3 is 0 Å². The highest BCUT2D eigenvalue weighted by Crippen LogP contribution is 2.32. The van der Waals surface area contributed by atoms with Crippen LogP contribution in [0.3, 0.4) is 0 Å². The van der Waals surface area contributed by atoms with Gasteiger partial charge in [0, 0.05) is 11.6 Å². The van der Waals surface area contributed by atoms with Crippen molar-refractivity contribution in [3.05, 3.63) is 100 Å².